The van der Waals surface area contributed by atoms with Gasteiger partial charge in [-0.3, -0.25) is 0 Å². The molecule has 78 valence electrons. The number of nitrogens with zero attached hydrogens (tertiary/aromatic N) is 1. The van der Waals surface area contributed by atoms with Gasteiger partial charge in [0.15, 0.2) is 0 Å². The van der Waals surface area contributed by atoms with Crippen LogP contribution in [0.15, 0.2) is 30.5 Å². The van der Waals surface area contributed by atoms with Crippen molar-refractivity contribution in [3.63, 3.8) is 0 Å². The molecule has 0 aromatic carbocycles. The molecule has 1 aliphatic rings. The normalized spacial score (nSPS) is 15.5. The third-order valence-corrected chi connectivity index (χ3v) is 2.24. The molecular formula is C11H11NO3. The predicted octanol–water partition coefficient (Wildman–Crippen LogP) is 1.88. The fourth-order valence-corrected chi connectivity index (χ4v) is 1.44. The van der Waals surface area contributed by atoms with Crippen molar-refractivity contribution in [2.75, 3.05) is 0 Å². The first-order valence-electron chi connectivity index (χ1n) is 4.77. The molecule has 0 amide bonds. The molecule has 0 radical (unpaired) electrons. The smallest absolute Gasteiger partial charge is 0.337 e. The second-order valence-corrected chi connectivity index (χ2v) is 3.37. The van der Waals surface area contributed by atoms with E-state index in [0.29, 0.717) is 5.88 Å². The Labute approximate surface area is 87.2 Å². The molecular weight excluding hydrogens is 194 g/mol. The molecule has 0 spiro atoms. The van der Waals surface area contributed by atoms with Gasteiger partial charge in [0.25, 0.3) is 0 Å². The maximum atomic E-state index is 10.6. The maximum Gasteiger partial charge on any atom is 0.337 e. The van der Waals surface area contributed by atoms with E-state index in [4.69, 9.17) is 9.84 Å². The highest BCUT2D eigenvalue weighted by molar-refractivity contribution is 5.87. The Morgan fingerprint density at radius 3 is 2.67 bits per heavy atom. The number of aromatic nitrogens is 1. The van der Waals surface area contributed by atoms with E-state index in [9.17, 15) is 4.79 Å². The first-order valence-corrected chi connectivity index (χ1v) is 4.77. The molecule has 0 bridgehead atoms. The molecule has 15 heavy (non-hydrogen) atoms. The van der Waals surface area contributed by atoms with Crippen molar-refractivity contribution < 1.29 is 14.6 Å². The standard InChI is InChI=1S/C11H11NO3/c13-11(14)8-5-6-10(12-7-8)15-9-3-1-2-4-9/h1-2,5-7,9H,3-4H2,(H,13,14). The van der Waals surface area contributed by atoms with Crippen molar-refractivity contribution in [2.45, 2.75) is 18.9 Å². The lowest BCUT2D eigenvalue weighted by Gasteiger charge is -2.11. The molecule has 0 saturated heterocycles. The molecule has 1 aliphatic carbocycles. The van der Waals surface area contributed by atoms with Gasteiger partial charge >= 0.3 is 5.97 Å². The number of rotatable bonds is 3. The fraction of sp³-hybridized carbons (Fsp3) is 0.273. The Morgan fingerprint density at radius 2 is 2.13 bits per heavy atom. The van der Waals surface area contributed by atoms with Crippen molar-refractivity contribution in [1.82, 2.24) is 4.98 Å². The van der Waals surface area contributed by atoms with Crippen LogP contribution in [0.2, 0.25) is 0 Å². The summed E-state index contributed by atoms with van der Waals surface area (Å²) in [5, 5.41) is 8.67. The average molecular weight is 205 g/mol. The number of carboxylic acid groups (broad SMARTS) is 1. The van der Waals surface area contributed by atoms with Crippen molar-refractivity contribution in [3.05, 3.63) is 36.0 Å². The highest BCUT2D eigenvalue weighted by atomic mass is 16.5. The summed E-state index contributed by atoms with van der Waals surface area (Å²) < 4.78 is 5.54. The molecule has 4 heteroatoms. The first-order chi connectivity index (χ1) is 7.25. The molecule has 1 aromatic heterocycles. The van der Waals surface area contributed by atoms with E-state index in [0.717, 1.165) is 12.8 Å². The predicted molar refractivity (Wildman–Crippen MR) is 54.0 cm³/mol. The third kappa shape index (κ3) is 2.34. The van der Waals surface area contributed by atoms with Crippen LogP contribution < -0.4 is 4.74 Å². The first kappa shape index (κ1) is 9.71. The summed E-state index contributed by atoms with van der Waals surface area (Å²) in [4.78, 5) is 14.5. The van der Waals surface area contributed by atoms with Crippen LogP contribution in [0.4, 0.5) is 0 Å². The number of carboxylic acids is 1. The van der Waals surface area contributed by atoms with E-state index < -0.39 is 5.97 Å². The van der Waals surface area contributed by atoms with E-state index in [1.54, 1.807) is 6.07 Å². The Balaban J connectivity index is 2.00. The lowest BCUT2D eigenvalue weighted by molar-refractivity contribution is 0.0696. The van der Waals surface area contributed by atoms with Crippen LogP contribution in [0, 0.1) is 0 Å². The lowest BCUT2D eigenvalue weighted by Crippen LogP contribution is -2.12. The van der Waals surface area contributed by atoms with Crippen LogP contribution in [-0.2, 0) is 0 Å². The number of ether oxygens (including phenoxy) is 1. The van der Waals surface area contributed by atoms with Crippen LogP contribution >= 0.6 is 0 Å². The summed E-state index contributed by atoms with van der Waals surface area (Å²) in [5.41, 5.74) is 0.173. The van der Waals surface area contributed by atoms with Gasteiger partial charge in [-0.15, -0.1) is 0 Å². The summed E-state index contributed by atoms with van der Waals surface area (Å²) in [5.74, 6) is -0.495. The molecule has 1 aromatic rings. The van der Waals surface area contributed by atoms with Gasteiger partial charge in [-0.25, -0.2) is 9.78 Å². The molecule has 0 unspecified atom stereocenters. The molecule has 0 aliphatic heterocycles. The topological polar surface area (TPSA) is 59.4 Å². The van der Waals surface area contributed by atoms with Gasteiger partial charge in [0.2, 0.25) is 5.88 Å². The fourth-order valence-electron chi connectivity index (χ4n) is 1.44. The van der Waals surface area contributed by atoms with Crippen LogP contribution in [0.5, 0.6) is 5.88 Å². The van der Waals surface area contributed by atoms with Crippen LogP contribution in [-0.4, -0.2) is 22.2 Å². The summed E-state index contributed by atoms with van der Waals surface area (Å²) in [6.45, 7) is 0. The molecule has 1 heterocycles. The average Bonchev–Trinajstić information content (AvgIpc) is 2.71. The minimum absolute atomic E-state index is 0.146. The zero-order valence-corrected chi connectivity index (χ0v) is 8.09. The van der Waals surface area contributed by atoms with E-state index in [1.807, 2.05) is 0 Å². The SMILES string of the molecule is O=C(O)c1ccc(OC2CC=CC2)nc1. The molecule has 0 atom stereocenters. The zero-order valence-electron chi connectivity index (χ0n) is 8.09. The zero-order chi connectivity index (χ0) is 10.7. The van der Waals surface area contributed by atoms with Gasteiger partial charge in [0.1, 0.15) is 6.10 Å². The minimum Gasteiger partial charge on any atom is -0.478 e. The summed E-state index contributed by atoms with van der Waals surface area (Å²) in [6.07, 6.45) is 7.37. The quantitative estimate of drug-likeness (QED) is 0.765. The minimum atomic E-state index is -0.975. The molecule has 0 saturated carbocycles. The molecule has 2 rings (SSSR count). The lowest BCUT2D eigenvalue weighted by atomic mass is 10.3. The van der Waals surface area contributed by atoms with E-state index >= 15 is 0 Å². The number of pyridine rings is 1. The van der Waals surface area contributed by atoms with Crippen LogP contribution in [0.3, 0.4) is 0 Å². The molecule has 1 N–H and O–H groups in total. The van der Waals surface area contributed by atoms with Crippen molar-refractivity contribution in [1.29, 1.82) is 0 Å². The second kappa shape index (κ2) is 4.13. The largest absolute Gasteiger partial charge is 0.478 e. The third-order valence-electron chi connectivity index (χ3n) is 2.24. The Bertz CT molecular complexity index is 375. The van der Waals surface area contributed by atoms with Gasteiger partial charge in [-0.2, -0.15) is 0 Å². The van der Waals surface area contributed by atoms with E-state index in [1.165, 1.54) is 12.3 Å². The molecule has 0 fully saturated rings. The van der Waals surface area contributed by atoms with Crippen LogP contribution in [0.1, 0.15) is 23.2 Å². The monoisotopic (exact) mass is 205 g/mol. The van der Waals surface area contributed by atoms with E-state index in [-0.39, 0.29) is 11.7 Å². The van der Waals surface area contributed by atoms with Crippen molar-refractivity contribution in [2.24, 2.45) is 0 Å². The Hall–Kier alpha value is -1.84. The van der Waals surface area contributed by atoms with E-state index in [2.05, 4.69) is 17.1 Å². The number of carbonyl (C=O) groups is 1. The number of aromatic carboxylic acids is 1. The van der Waals surface area contributed by atoms with Gasteiger partial charge < -0.3 is 9.84 Å². The van der Waals surface area contributed by atoms with Crippen molar-refractivity contribution in [3.8, 4) is 5.88 Å². The Kier molecular flexibility index (Phi) is 2.67. The second-order valence-electron chi connectivity index (χ2n) is 3.37. The number of hydrogen-bond acceptors (Lipinski definition) is 3. The van der Waals surface area contributed by atoms with Gasteiger partial charge in [-0.05, 0) is 6.07 Å². The van der Waals surface area contributed by atoms with Gasteiger partial charge in [-0.1, -0.05) is 12.2 Å². The summed E-state index contributed by atoms with van der Waals surface area (Å²) in [7, 11) is 0. The van der Waals surface area contributed by atoms with Crippen molar-refractivity contribution >= 4 is 5.97 Å². The van der Waals surface area contributed by atoms with Crippen LogP contribution in [0.25, 0.3) is 0 Å². The van der Waals surface area contributed by atoms with Gasteiger partial charge in [0.05, 0.1) is 5.56 Å². The molecule has 4 nitrogen and oxygen atoms in total. The Morgan fingerprint density at radius 1 is 1.40 bits per heavy atom. The summed E-state index contributed by atoms with van der Waals surface area (Å²) in [6, 6.07) is 3.08. The van der Waals surface area contributed by atoms with Gasteiger partial charge in [0, 0.05) is 25.1 Å². The highest BCUT2D eigenvalue weighted by Crippen LogP contribution is 2.17. The number of hydrogen-bond donors (Lipinski definition) is 1. The maximum absolute atomic E-state index is 10.6. The highest BCUT2D eigenvalue weighted by Gasteiger charge is 2.12. The summed E-state index contributed by atoms with van der Waals surface area (Å²) >= 11 is 0.